The number of para-hydroxylation sites is 1. The van der Waals surface area contributed by atoms with Gasteiger partial charge in [0.1, 0.15) is 5.75 Å². The van der Waals surface area contributed by atoms with Crippen molar-refractivity contribution in [1.29, 1.82) is 0 Å². The molecule has 1 aromatic rings. The lowest BCUT2D eigenvalue weighted by atomic mass is 10.1. The van der Waals surface area contributed by atoms with E-state index < -0.39 is 0 Å². The number of hydrogen-bond donors (Lipinski definition) is 0. The Morgan fingerprint density at radius 2 is 2.23 bits per heavy atom. The van der Waals surface area contributed by atoms with Crippen LogP contribution in [0.5, 0.6) is 5.75 Å². The highest BCUT2D eigenvalue weighted by molar-refractivity contribution is 14.1. The molecule has 0 fully saturated rings. The van der Waals surface area contributed by atoms with Crippen LogP contribution in [0.3, 0.4) is 0 Å². The lowest BCUT2D eigenvalue weighted by Crippen LogP contribution is -1.98. The Balaban J connectivity index is 2.54. The van der Waals surface area contributed by atoms with Crippen LogP contribution in [0.4, 0.5) is 0 Å². The quantitative estimate of drug-likeness (QED) is 0.686. The Morgan fingerprint density at radius 1 is 1.38 bits per heavy atom. The van der Waals surface area contributed by atoms with Crippen LogP contribution < -0.4 is 4.74 Å². The maximum Gasteiger partial charge on any atom is 0.166 e. The Morgan fingerprint density at radius 3 is 3.08 bits per heavy atom. The number of rotatable bonds is 0. The van der Waals surface area contributed by atoms with E-state index in [0.29, 0.717) is 13.0 Å². The normalized spacial score (nSPS) is 15.9. The Hall–Kier alpha value is -0.580. The third-order valence-electron chi connectivity index (χ3n) is 2.06. The van der Waals surface area contributed by atoms with Crippen molar-refractivity contribution in [3.63, 3.8) is 0 Å². The average Bonchev–Trinajstić information content (AvgIpc) is 2.30. The summed E-state index contributed by atoms with van der Waals surface area (Å²) in [5, 5.41) is 0. The van der Waals surface area contributed by atoms with Crippen molar-refractivity contribution >= 4 is 28.4 Å². The molecule has 0 spiro atoms. The maximum atomic E-state index is 11.6. The van der Waals surface area contributed by atoms with Crippen LogP contribution in [-0.2, 0) is 0 Å². The highest BCUT2D eigenvalue weighted by Crippen LogP contribution is 2.29. The van der Waals surface area contributed by atoms with Gasteiger partial charge in [0, 0.05) is 6.42 Å². The van der Waals surface area contributed by atoms with E-state index in [1.54, 1.807) is 0 Å². The van der Waals surface area contributed by atoms with Gasteiger partial charge in [-0.1, -0.05) is 6.07 Å². The van der Waals surface area contributed by atoms with Gasteiger partial charge in [-0.15, -0.1) is 0 Å². The minimum absolute atomic E-state index is 0.200. The summed E-state index contributed by atoms with van der Waals surface area (Å²) in [6.45, 7) is 0.652. The average molecular weight is 288 g/mol. The summed E-state index contributed by atoms with van der Waals surface area (Å²) in [5.74, 6) is 0.969. The second-order valence-electron chi connectivity index (χ2n) is 2.99. The van der Waals surface area contributed by atoms with E-state index in [2.05, 4.69) is 22.6 Å². The summed E-state index contributed by atoms with van der Waals surface area (Å²) in [6.07, 6.45) is 1.43. The van der Waals surface area contributed by atoms with Crippen molar-refractivity contribution in [2.75, 3.05) is 6.61 Å². The Kier molecular flexibility index (Phi) is 2.53. The van der Waals surface area contributed by atoms with E-state index in [9.17, 15) is 4.79 Å². The molecule has 1 aliphatic heterocycles. The van der Waals surface area contributed by atoms with E-state index in [0.717, 1.165) is 21.3 Å². The number of ketones is 1. The van der Waals surface area contributed by atoms with Crippen LogP contribution >= 0.6 is 22.6 Å². The van der Waals surface area contributed by atoms with Crippen molar-refractivity contribution in [2.24, 2.45) is 0 Å². The molecular weight excluding hydrogens is 279 g/mol. The van der Waals surface area contributed by atoms with Crippen LogP contribution in [0.2, 0.25) is 0 Å². The lowest BCUT2D eigenvalue weighted by Gasteiger charge is -2.07. The molecule has 13 heavy (non-hydrogen) atoms. The highest BCUT2D eigenvalue weighted by atomic mass is 127. The standard InChI is InChI=1S/C10H9IO2/c11-8-4-1-3-7-9(12)5-2-6-13-10(7)8/h1,3-4H,2,5-6H2. The molecule has 0 atom stereocenters. The van der Waals surface area contributed by atoms with Gasteiger partial charge in [-0.2, -0.15) is 0 Å². The molecule has 1 aliphatic rings. The minimum Gasteiger partial charge on any atom is -0.492 e. The number of ether oxygens (including phenoxy) is 1. The van der Waals surface area contributed by atoms with Crippen molar-refractivity contribution in [1.82, 2.24) is 0 Å². The van der Waals surface area contributed by atoms with Crippen LogP contribution in [0.1, 0.15) is 23.2 Å². The van der Waals surface area contributed by atoms with Crippen LogP contribution in [0.15, 0.2) is 18.2 Å². The fourth-order valence-corrected chi connectivity index (χ4v) is 2.07. The SMILES string of the molecule is O=C1CCCOc2c(I)cccc21. The van der Waals surface area contributed by atoms with E-state index >= 15 is 0 Å². The molecule has 0 saturated heterocycles. The van der Waals surface area contributed by atoms with Gasteiger partial charge in [-0.3, -0.25) is 4.79 Å². The molecule has 0 unspecified atom stereocenters. The minimum atomic E-state index is 0.200. The maximum absolute atomic E-state index is 11.6. The fourth-order valence-electron chi connectivity index (χ4n) is 1.42. The molecule has 1 heterocycles. The third kappa shape index (κ3) is 1.70. The smallest absolute Gasteiger partial charge is 0.166 e. The summed E-state index contributed by atoms with van der Waals surface area (Å²) < 4.78 is 6.54. The van der Waals surface area contributed by atoms with Crippen molar-refractivity contribution < 1.29 is 9.53 Å². The first kappa shape index (κ1) is 8.99. The molecule has 0 N–H and O–H groups in total. The summed E-state index contributed by atoms with van der Waals surface area (Å²) in [5.41, 5.74) is 0.740. The Labute approximate surface area is 90.4 Å². The molecule has 0 radical (unpaired) electrons. The first-order chi connectivity index (χ1) is 6.29. The summed E-state index contributed by atoms with van der Waals surface area (Å²) in [7, 11) is 0. The topological polar surface area (TPSA) is 26.3 Å². The number of hydrogen-bond acceptors (Lipinski definition) is 2. The second kappa shape index (κ2) is 3.65. The van der Waals surface area contributed by atoms with Gasteiger partial charge in [0.05, 0.1) is 15.7 Å². The first-order valence-electron chi connectivity index (χ1n) is 4.23. The largest absolute Gasteiger partial charge is 0.492 e. The van der Waals surface area contributed by atoms with Gasteiger partial charge >= 0.3 is 0 Å². The number of carbonyl (C=O) groups excluding carboxylic acids is 1. The number of halogens is 1. The zero-order valence-electron chi connectivity index (χ0n) is 7.05. The number of fused-ring (bicyclic) bond motifs is 1. The van der Waals surface area contributed by atoms with Gasteiger partial charge in [-0.25, -0.2) is 0 Å². The van der Waals surface area contributed by atoms with Crippen molar-refractivity contribution in [3.05, 3.63) is 27.3 Å². The monoisotopic (exact) mass is 288 g/mol. The number of carbonyl (C=O) groups is 1. The van der Waals surface area contributed by atoms with Gasteiger partial charge in [-0.05, 0) is 41.1 Å². The first-order valence-corrected chi connectivity index (χ1v) is 5.31. The fraction of sp³-hybridized carbons (Fsp3) is 0.300. The third-order valence-corrected chi connectivity index (χ3v) is 2.91. The van der Waals surface area contributed by atoms with Crippen molar-refractivity contribution in [3.8, 4) is 5.75 Å². The number of Topliss-reactive ketones (excluding diaryl/α,β-unsaturated/α-hetero) is 1. The van der Waals surface area contributed by atoms with Gasteiger partial charge in [0.25, 0.3) is 0 Å². The Bertz CT molecular complexity index is 347. The molecule has 3 heteroatoms. The summed E-state index contributed by atoms with van der Waals surface area (Å²) in [4.78, 5) is 11.6. The zero-order chi connectivity index (χ0) is 9.26. The molecule has 0 saturated carbocycles. The van der Waals surface area contributed by atoms with Crippen LogP contribution in [-0.4, -0.2) is 12.4 Å². The van der Waals surface area contributed by atoms with Gasteiger partial charge in [0.15, 0.2) is 5.78 Å². The molecule has 2 nitrogen and oxygen atoms in total. The lowest BCUT2D eigenvalue weighted by molar-refractivity contribution is 0.0983. The highest BCUT2D eigenvalue weighted by Gasteiger charge is 2.17. The molecular formula is C10H9IO2. The second-order valence-corrected chi connectivity index (χ2v) is 4.15. The number of benzene rings is 1. The van der Waals surface area contributed by atoms with Crippen LogP contribution in [0, 0.1) is 3.57 Å². The summed E-state index contributed by atoms with van der Waals surface area (Å²) in [6, 6.07) is 5.69. The van der Waals surface area contributed by atoms with Gasteiger partial charge < -0.3 is 4.74 Å². The molecule has 0 amide bonds. The molecule has 0 aromatic heterocycles. The van der Waals surface area contributed by atoms with E-state index in [4.69, 9.17) is 4.74 Å². The molecule has 2 rings (SSSR count). The zero-order valence-corrected chi connectivity index (χ0v) is 9.21. The van der Waals surface area contributed by atoms with E-state index in [1.807, 2.05) is 18.2 Å². The van der Waals surface area contributed by atoms with E-state index in [-0.39, 0.29) is 5.78 Å². The predicted octanol–water partition coefficient (Wildman–Crippen LogP) is 2.65. The molecule has 1 aromatic carbocycles. The molecule has 0 bridgehead atoms. The van der Waals surface area contributed by atoms with Gasteiger partial charge in [0.2, 0.25) is 0 Å². The van der Waals surface area contributed by atoms with Crippen LogP contribution in [0.25, 0.3) is 0 Å². The molecule has 68 valence electrons. The summed E-state index contributed by atoms with van der Waals surface area (Å²) >= 11 is 2.19. The predicted molar refractivity (Wildman–Crippen MR) is 58.2 cm³/mol. The van der Waals surface area contributed by atoms with E-state index in [1.165, 1.54) is 0 Å². The molecule has 0 aliphatic carbocycles. The van der Waals surface area contributed by atoms with Crippen molar-refractivity contribution in [2.45, 2.75) is 12.8 Å².